The monoisotopic (exact) mass is 2110 g/mol. The van der Waals surface area contributed by atoms with Crippen molar-refractivity contribution in [2.75, 3.05) is 234 Å². The average molecular weight is 2110 g/mol. The Kier molecular flexibility index (Phi) is 58.9. The molecule has 51 heteroatoms. The number of carboxylic acids is 1. The van der Waals surface area contributed by atoms with Gasteiger partial charge in [0.05, 0.1) is 104 Å². The van der Waals surface area contributed by atoms with Crippen LogP contribution in [0.5, 0.6) is 34.5 Å². The molecule has 41 nitrogen and oxygen atoms in total. The topological polar surface area (TPSA) is 543 Å². The van der Waals surface area contributed by atoms with Gasteiger partial charge in [0.15, 0.2) is 51.9 Å². The van der Waals surface area contributed by atoms with Gasteiger partial charge in [-0.25, -0.2) is 42.5 Å². The minimum atomic E-state index is -1.06. The first-order valence-electron chi connectivity index (χ1n) is 45.4. The quantitative estimate of drug-likeness (QED) is 0.00581. The Labute approximate surface area is 867 Å². The minimum absolute atomic E-state index is 0. The number of amides is 2. The number of carboxylic acid groups (broad SMARTS) is 1. The van der Waals surface area contributed by atoms with Gasteiger partial charge in [-0.2, -0.15) is 51.1 Å². The van der Waals surface area contributed by atoms with Crippen molar-refractivity contribution in [1.29, 1.82) is 0 Å². The second-order valence-electron chi connectivity index (χ2n) is 32.8. The zero-order valence-electron chi connectivity index (χ0n) is 83.1. The summed E-state index contributed by atoms with van der Waals surface area (Å²) in [6.07, 6.45) is 9.74. The number of methoxy groups -OCH3 is 6. The number of benzene rings is 3. The van der Waals surface area contributed by atoms with Crippen LogP contribution in [0.15, 0.2) is 18.2 Å². The van der Waals surface area contributed by atoms with Crippen LogP contribution in [0.25, 0.3) is 32.7 Å². The van der Waals surface area contributed by atoms with Gasteiger partial charge < -0.3 is 136 Å². The predicted octanol–water partition coefficient (Wildman–Crippen LogP) is 7.11. The number of ether oxygens (including phenoxy) is 12. The molecular weight excluding hydrogens is 1970 g/mol. The number of nitrogens with one attached hydrogen (secondary N) is 4. The zero-order chi connectivity index (χ0) is 102. The number of hydrogen-bond donors (Lipinski definition) is 10. The number of carbonyl (C=O) groups is 8. The van der Waals surface area contributed by atoms with Crippen LogP contribution in [-0.4, -0.2) is 338 Å². The summed E-state index contributed by atoms with van der Waals surface area (Å²) in [7, 11) is 8.42. The Balaban J connectivity index is 0.000000432. The van der Waals surface area contributed by atoms with Crippen LogP contribution >= 0.6 is 71.4 Å². The number of aromatic nitrogens is 6. The first-order chi connectivity index (χ1) is 66.3. The summed E-state index contributed by atoms with van der Waals surface area (Å²) in [4.78, 5) is 125. The molecule has 0 bridgehead atoms. The number of thioether (sulfide) groups is 5. The number of aliphatic carboxylic acids is 1. The fraction of sp³-hybridized carbons (Fsp3) is 0.626. The van der Waals surface area contributed by atoms with Crippen molar-refractivity contribution in [2.24, 2.45) is 5.73 Å². The normalized spacial score (nSPS) is 17.7. The molecule has 5 unspecified atom stereocenters. The summed E-state index contributed by atoms with van der Waals surface area (Å²) in [6, 6.07) is 4.74. The van der Waals surface area contributed by atoms with Gasteiger partial charge >= 0.3 is 55.0 Å². The average Bonchev–Trinajstić information content (AvgIpc) is 1.01. The summed E-state index contributed by atoms with van der Waals surface area (Å²) in [5, 5.41) is 23.9. The maximum absolute atomic E-state index is 15.0. The van der Waals surface area contributed by atoms with E-state index < -0.39 is 52.9 Å². The molecule has 8 fully saturated rings. The number of esters is 3. The smallest absolute Gasteiger partial charge is 0.870 e. The molecule has 11 heterocycles. The molecular formula is C91H141F3LiN19O22S6. The minimum Gasteiger partial charge on any atom is -0.870 e. The summed E-state index contributed by atoms with van der Waals surface area (Å²) in [5.41, 5.74) is 22.1. The first kappa shape index (κ1) is 127. The van der Waals surface area contributed by atoms with Crippen molar-refractivity contribution in [2.45, 2.75) is 165 Å². The Morgan fingerprint density at radius 3 is 1.11 bits per heavy atom. The molecule has 0 spiro atoms. The molecule has 8 saturated heterocycles. The Hall–Kier alpha value is -9.35. The van der Waals surface area contributed by atoms with E-state index in [0.29, 0.717) is 149 Å². The molecule has 3 aromatic heterocycles. The molecule has 0 radical (unpaired) electrons. The molecule has 5 atom stereocenters. The van der Waals surface area contributed by atoms with E-state index in [4.69, 9.17) is 75.4 Å². The number of anilines is 6. The summed E-state index contributed by atoms with van der Waals surface area (Å²) < 4.78 is 103. The molecule has 2 amide bonds. The van der Waals surface area contributed by atoms with Gasteiger partial charge in [0.2, 0.25) is 29.7 Å². The van der Waals surface area contributed by atoms with Crippen LogP contribution < -0.4 is 106 Å². The Morgan fingerprint density at radius 2 is 0.817 bits per heavy atom. The fourth-order valence-electron chi connectivity index (χ4n) is 14.0. The maximum atomic E-state index is 15.0. The van der Waals surface area contributed by atoms with Gasteiger partial charge in [0.25, 0.3) is 0 Å². The molecule has 790 valence electrons. The SMILES string of the molecule is C.C#CC(=O)OCC.CC(C)(C)OC(=O)OC(=O)OC(C)(C)C.CCOC(=O)CC1CCCS1.CCOC(=O)CC1NCCS1.COc1cc2c(N)nc(N3CCN(C(=O)CC4CCCS4)CC3)nc2c(F)c1OC.COc1cc2c(N)nc(N3CCN(C(=O)CC4NCCS4)CC3)nc2c(F)c1OC.COc1cc2c(N)nc(N3CCNCC3)nc2c(F)c1OC.NCCS.O=C(O)CC1NCCS1.[Li+].[OH-]. The zero-order valence-corrected chi connectivity index (χ0v) is 88.1. The van der Waals surface area contributed by atoms with E-state index in [9.17, 15) is 51.5 Å². The third kappa shape index (κ3) is 42.4. The van der Waals surface area contributed by atoms with E-state index in [1.54, 1.807) is 108 Å². The van der Waals surface area contributed by atoms with Crippen LogP contribution in [0, 0.1) is 29.8 Å². The summed E-state index contributed by atoms with van der Waals surface area (Å²) in [6.45, 7) is 28.0. The number of hydrogen-bond acceptors (Lipinski definition) is 44. The van der Waals surface area contributed by atoms with Gasteiger partial charge in [-0.1, -0.05) is 7.43 Å². The standard InChI is InChI=1S/C20H26FN5O3S.C19H25FN6O3S.C14H18FN5O2.C10H18O5.C8H14O2S.C7H13NO2S.C5H9NO2S.C5H6O2.C2H7NS.CH4.Li.H2O/c1-28-14-11-13-17(16(21)18(14)29-2)23-20(24-19(13)22)26-7-5-25(6-8-26)15(27)10-12-4-3-9-30-12;1-28-12-9-11-16(15(20)17(12)29-2)23-19(24-18(11)21)26-6-4-25(5-7-26)14(27)10-13-22-3-8-30-13;1-21-9-7-8-11(10(15)12(9)22-2)18-14(19-13(8)16)20-5-3-17-4-6-20;1-9(2,3)14-7(11)13-8(12)15-10(4,5)6;1-2-10-8(9)6-7-4-3-5-11-7;1-2-10-7(9)5-6-8-3-4-11-6;7-5(8)3-4-6-1-2-9-4;1-3-5(6)7-4-2;3-1-2-4;;;/h11-12H,3-10H2,1-2H3,(H2,22,23,24);9,13,22H,3-8,10H2,1-2H3,(H2,21,23,24);7,17H,3-6H2,1-2H3,(H2,16,18,19);1-6H3;7H,2-6H2,1H3;6,8H,2-5H2,1H3;4,6H,1-3H2,(H,7,8);1H,4H2,2H3;4H,1-3H2;1H4;;1H2/q;;;;;;;;;;+1;/p-1. The van der Waals surface area contributed by atoms with Crippen LogP contribution in [-0.2, 0) is 57.2 Å². The van der Waals surface area contributed by atoms with Crippen LogP contribution in [0.4, 0.5) is 58.1 Å². The Bertz CT molecular complexity index is 4770. The summed E-state index contributed by atoms with van der Waals surface area (Å²) in [5.74, 6) is 7.54. The number of nitrogens with zero attached hydrogens (tertiary/aromatic N) is 11. The number of fused-ring (bicyclic) bond motifs is 3. The number of nitrogens with two attached hydrogens (primary N) is 4. The van der Waals surface area contributed by atoms with Crippen LogP contribution in [0.1, 0.15) is 128 Å². The van der Waals surface area contributed by atoms with E-state index in [0.717, 1.165) is 81.0 Å². The van der Waals surface area contributed by atoms with E-state index in [1.165, 1.54) is 67.7 Å². The van der Waals surface area contributed by atoms with E-state index in [2.05, 4.69) is 79.7 Å². The second-order valence-corrected chi connectivity index (χ2v) is 40.0. The Morgan fingerprint density at radius 1 is 0.486 bits per heavy atom. The number of rotatable bonds is 23. The third-order valence-corrected chi connectivity index (χ3v) is 27.1. The summed E-state index contributed by atoms with van der Waals surface area (Å²) >= 11 is 12.8. The van der Waals surface area contributed by atoms with Crippen molar-refractivity contribution in [3.05, 3.63) is 35.7 Å². The molecule has 8 aliphatic rings. The van der Waals surface area contributed by atoms with Crippen molar-refractivity contribution in [1.82, 2.24) is 61.0 Å². The maximum Gasteiger partial charge on any atom is 1.00 e. The van der Waals surface area contributed by atoms with Crippen molar-refractivity contribution in [3.63, 3.8) is 0 Å². The molecule has 8 aliphatic heterocycles. The van der Waals surface area contributed by atoms with Crippen LogP contribution in [0.2, 0.25) is 0 Å². The van der Waals surface area contributed by atoms with Gasteiger partial charge in [-0.15, -0.1) is 41.7 Å². The molecule has 14 N–H and O–H groups in total. The van der Waals surface area contributed by atoms with E-state index >= 15 is 0 Å². The second kappa shape index (κ2) is 65.9. The number of halogens is 3. The molecule has 0 saturated carbocycles. The van der Waals surface area contributed by atoms with Gasteiger partial charge in [0.1, 0.15) is 45.2 Å². The fourth-order valence-corrected chi connectivity index (χ4v) is 19.5. The van der Waals surface area contributed by atoms with Crippen molar-refractivity contribution >= 4 is 187 Å². The van der Waals surface area contributed by atoms with Crippen LogP contribution in [0.3, 0.4) is 0 Å². The van der Waals surface area contributed by atoms with Gasteiger partial charge in [-0.3, -0.25) is 24.0 Å². The molecule has 142 heavy (non-hydrogen) atoms. The van der Waals surface area contributed by atoms with Gasteiger partial charge in [0, 0.05) is 167 Å². The van der Waals surface area contributed by atoms with Crippen molar-refractivity contribution < 1.29 is 138 Å². The molecule has 3 aromatic carbocycles. The number of thiol groups is 1. The molecule has 6 aromatic rings. The molecule has 14 rings (SSSR count). The molecule has 0 aliphatic carbocycles. The number of nitrogen functional groups attached to an aromatic ring is 3. The van der Waals surface area contributed by atoms with E-state index in [-0.39, 0.29) is 147 Å². The van der Waals surface area contributed by atoms with E-state index in [1.807, 2.05) is 61.9 Å². The number of piperazine rings is 3. The van der Waals surface area contributed by atoms with Crippen molar-refractivity contribution in [3.8, 4) is 46.8 Å². The number of carbonyl (C=O) groups excluding carboxylic acids is 7. The predicted molar refractivity (Wildman–Crippen MR) is 552 cm³/mol. The van der Waals surface area contributed by atoms with Gasteiger partial charge in [-0.05, 0) is 118 Å². The first-order valence-corrected chi connectivity index (χ1v) is 51.3. The number of terminal acetylenes is 1. The largest absolute Gasteiger partial charge is 1.00 e. The third-order valence-electron chi connectivity index (χ3n) is 20.5.